The Balaban J connectivity index is 3.19. The van der Waals surface area contributed by atoms with E-state index in [4.69, 9.17) is 0 Å². The Morgan fingerprint density at radius 1 is 1.19 bits per heavy atom. The van der Waals surface area contributed by atoms with Gasteiger partial charge in [0.2, 0.25) is 0 Å². The van der Waals surface area contributed by atoms with E-state index in [0.29, 0.717) is 5.92 Å². The normalized spacial score (nSPS) is 11.2. The fraction of sp³-hybridized carbons (Fsp3) is 0.533. The van der Waals surface area contributed by atoms with E-state index >= 15 is 0 Å². The van der Waals surface area contributed by atoms with Crippen LogP contribution in [0.15, 0.2) is 12.1 Å². The van der Waals surface area contributed by atoms with Gasteiger partial charge in [-0.15, -0.1) is 0 Å². The second kappa shape index (κ2) is 4.70. The van der Waals surface area contributed by atoms with Crippen molar-refractivity contribution in [3.63, 3.8) is 0 Å². The Kier molecular flexibility index (Phi) is 3.75. The molecule has 0 unspecified atom stereocenters. The molecule has 0 aromatic carbocycles. The van der Waals surface area contributed by atoms with Crippen molar-refractivity contribution in [2.45, 2.75) is 47.5 Å². The first kappa shape index (κ1) is 12.8. The average Bonchev–Trinajstić information content (AvgIpc) is 2.13. The Labute approximate surface area is 99.3 Å². The monoisotopic (exact) mass is 215 g/mol. The molecule has 1 heteroatoms. The van der Waals surface area contributed by atoms with Crippen molar-refractivity contribution in [3.8, 4) is 11.8 Å². The van der Waals surface area contributed by atoms with Gasteiger partial charge in [0.15, 0.2) is 0 Å². The minimum absolute atomic E-state index is 0.0275. The van der Waals surface area contributed by atoms with Crippen molar-refractivity contribution in [3.05, 3.63) is 29.1 Å². The molecule has 0 N–H and O–H groups in total. The summed E-state index contributed by atoms with van der Waals surface area (Å²) in [6, 6.07) is 4.19. The van der Waals surface area contributed by atoms with E-state index in [2.05, 4.69) is 63.6 Å². The van der Waals surface area contributed by atoms with Gasteiger partial charge in [-0.1, -0.05) is 25.8 Å². The van der Waals surface area contributed by atoms with Crippen LogP contribution in [0.25, 0.3) is 0 Å². The first-order chi connectivity index (χ1) is 7.29. The van der Waals surface area contributed by atoms with Crippen LogP contribution in [0.4, 0.5) is 0 Å². The van der Waals surface area contributed by atoms with Crippen molar-refractivity contribution in [2.24, 2.45) is 5.41 Å². The SMILES string of the molecule is Cc1ccc(C(C)C)c(C#CC(C)(C)C)n1. The standard InChI is InChI=1S/C15H21N/c1-11(2)13-8-7-12(3)16-14(13)9-10-15(4,5)6/h7-8,11H,1-6H3. The van der Waals surface area contributed by atoms with Gasteiger partial charge in [0.05, 0.1) is 0 Å². The van der Waals surface area contributed by atoms with Gasteiger partial charge in [0.25, 0.3) is 0 Å². The third kappa shape index (κ3) is 3.70. The van der Waals surface area contributed by atoms with Crippen LogP contribution < -0.4 is 0 Å². The lowest BCUT2D eigenvalue weighted by molar-refractivity contribution is 0.571. The third-order valence-corrected chi connectivity index (χ3v) is 2.24. The summed E-state index contributed by atoms with van der Waals surface area (Å²) >= 11 is 0. The van der Waals surface area contributed by atoms with Gasteiger partial charge >= 0.3 is 0 Å². The molecule has 0 aliphatic heterocycles. The summed E-state index contributed by atoms with van der Waals surface area (Å²) in [5, 5.41) is 0. The van der Waals surface area contributed by atoms with Crippen molar-refractivity contribution in [1.82, 2.24) is 4.98 Å². The van der Waals surface area contributed by atoms with E-state index in [-0.39, 0.29) is 5.41 Å². The third-order valence-electron chi connectivity index (χ3n) is 2.24. The van der Waals surface area contributed by atoms with Gasteiger partial charge in [-0.05, 0) is 51.2 Å². The topological polar surface area (TPSA) is 12.9 Å². The summed E-state index contributed by atoms with van der Waals surface area (Å²) in [7, 11) is 0. The van der Waals surface area contributed by atoms with E-state index in [1.807, 2.05) is 6.92 Å². The van der Waals surface area contributed by atoms with Crippen molar-refractivity contribution >= 4 is 0 Å². The second-order valence-corrected chi connectivity index (χ2v) is 5.55. The van der Waals surface area contributed by atoms with Crippen LogP contribution in [-0.2, 0) is 0 Å². The second-order valence-electron chi connectivity index (χ2n) is 5.55. The number of pyridine rings is 1. The van der Waals surface area contributed by atoms with Crippen LogP contribution in [0.2, 0.25) is 0 Å². The maximum Gasteiger partial charge on any atom is 0.116 e. The Morgan fingerprint density at radius 2 is 1.81 bits per heavy atom. The van der Waals surface area contributed by atoms with Crippen molar-refractivity contribution in [2.75, 3.05) is 0 Å². The molecule has 1 heterocycles. The minimum Gasteiger partial charge on any atom is -0.244 e. The molecule has 0 atom stereocenters. The van der Waals surface area contributed by atoms with Crippen LogP contribution in [0.5, 0.6) is 0 Å². The Morgan fingerprint density at radius 3 is 2.31 bits per heavy atom. The molecule has 0 spiro atoms. The lowest BCUT2D eigenvalue weighted by atomic mass is 9.96. The smallest absolute Gasteiger partial charge is 0.116 e. The zero-order chi connectivity index (χ0) is 12.3. The molecule has 0 bridgehead atoms. The maximum atomic E-state index is 4.52. The summed E-state index contributed by atoms with van der Waals surface area (Å²) in [5.74, 6) is 6.93. The van der Waals surface area contributed by atoms with Crippen molar-refractivity contribution in [1.29, 1.82) is 0 Å². The van der Waals surface area contributed by atoms with Crippen molar-refractivity contribution < 1.29 is 0 Å². The van der Waals surface area contributed by atoms with Crippen LogP contribution in [0, 0.1) is 24.2 Å². The molecule has 0 saturated heterocycles. The largest absolute Gasteiger partial charge is 0.244 e. The molecular formula is C15H21N. The molecule has 1 nitrogen and oxygen atoms in total. The van der Waals surface area contributed by atoms with E-state index < -0.39 is 0 Å². The number of nitrogens with zero attached hydrogens (tertiary/aromatic N) is 1. The Bertz CT molecular complexity index is 425. The van der Waals surface area contributed by atoms with Crippen LogP contribution in [0.1, 0.15) is 57.5 Å². The van der Waals surface area contributed by atoms with Crippen LogP contribution in [0.3, 0.4) is 0 Å². The van der Waals surface area contributed by atoms with Gasteiger partial charge in [0.1, 0.15) is 5.69 Å². The van der Waals surface area contributed by atoms with Gasteiger partial charge in [-0.2, -0.15) is 0 Å². The highest BCUT2D eigenvalue weighted by molar-refractivity contribution is 5.39. The van der Waals surface area contributed by atoms with E-state index in [1.165, 1.54) is 5.56 Å². The summed E-state index contributed by atoms with van der Waals surface area (Å²) in [6.07, 6.45) is 0. The van der Waals surface area contributed by atoms with E-state index in [9.17, 15) is 0 Å². The van der Waals surface area contributed by atoms with E-state index in [1.54, 1.807) is 0 Å². The highest BCUT2D eigenvalue weighted by Crippen LogP contribution is 2.18. The van der Waals surface area contributed by atoms with Gasteiger partial charge in [-0.3, -0.25) is 0 Å². The Hall–Kier alpha value is -1.29. The molecule has 0 aliphatic rings. The van der Waals surface area contributed by atoms with E-state index in [0.717, 1.165) is 11.4 Å². The lowest BCUT2D eigenvalue weighted by Gasteiger charge is -2.10. The molecule has 0 radical (unpaired) electrons. The maximum absolute atomic E-state index is 4.52. The molecule has 0 fully saturated rings. The molecule has 16 heavy (non-hydrogen) atoms. The highest BCUT2D eigenvalue weighted by Gasteiger charge is 2.08. The quantitative estimate of drug-likeness (QED) is 0.647. The summed E-state index contributed by atoms with van der Waals surface area (Å²) < 4.78 is 0. The zero-order valence-electron chi connectivity index (χ0n) is 11.2. The lowest BCUT2D eigenvalue weighted by Crippen LogP contribution is -2.02. The van der Waals surface area contributed by atoms with Gasteiger partial charge in [-0.25, -0.2) is 4.98 Å². The number of aromatic nitrogens is 1. The molecular weight excluding hydrogens is 194 g/mol. The van der Waals surface area contributed by atoms with Gasteiger partial charge < -0.3 is 0 Å². The molecule has 0 saturated carbocycles. The number of hydrogen-bond acceptors (Lipinski definition) is 1. The predicted molar refractivity (Wildman–Crippen MR) is 69.4 cm³/mol. The summed E-state index contributed by atoms with van der Waals surface area (Å²) in [5.41, 5.74) is 3.23. The fourth-order valence-electron chi connectivity index (χ4n) is 1.38. The zero-order valence-corrected chi connectivity index (χ0v) is 11.2. The summed E-state index contributed by atoms with van der Waals surface area (Å²) in [6.45, 7) is 12.7. The molecule has 1 aromatic heterocycles. The fourth-order valence-corrected chi connectivity index (χ4v) is 1.38. The minimum atomic E-state index is 0.0275. The molecule has 1 rings (SSSR count). The number of rotatable bonds is 1. The first-order valence-corrected chi connectivity index (χ1v) is 5.80. The predicted octanol–water partition coefficient (Wildman–Crippen LogP) is 3.91. The first-order valence-electron chi connectivity index (χ1n) is 5.80. The van der Waals surface area contributed by atoms with Gasteiger partial charge in [0, 0.05) is 11.1 Å². The summed E-state index contributed by atoms with van der Waals surface area (Å²) in [4.78, 5) is 4.52. The van der Waals surface area contributed by atoms with Crippen LogP contribution >= 0.6 is 0 Å². The number of aryl methyl sites for hydroxylation is 1. The van der Waals surface area contributed by atoms with Crippen LogP contribution in [-0.4, -0.2) is 4.98 Å². The molecule has 86 valence electrons. The average molecular weight is 215 g/mol. The molecule has 1 aromatic rings. The highest BCUT2D eigenvalue weighted by atomic mass is 14.7. The molecule has 0 amide bonds. The molecule has 0 aliphatic carbocycles. The number of hydrogen-bond donors (Lipinski definition) is 0.